The number of rotatable bonds is 6. The predicted octanol–water partition coefficient (Wildman–Crippen LogP) is 4.71. The molecule has 28 heavy (non-hydrogen) atoms. The summed E-state index contributed by atoms with van der Waals surface area (Å²) >= 11 is 5.89. The SMILES string of the molecule is Cc1ccc(OC2CCC(NC(=O)C(C)(C)Oc3ccc(Cl)cc3)CC2)nc1. The van der Waals surface area contributed by atoms with Crippen LogP contribution in [0.15, 0.2) is 42.6 Å². The van der Waals surface area contributed by atoms with E-state index in [2.05, 4.69) is 10.3 Å². The average molecular weight is 403 g/mol. The van der Waals surface area contributed by atoms with Crippen molar-refractivity contribution in [1.29, 1.82) is 0 Å². The van der Waals surface area contributed by atoms with Crippen LogP contribution in [-0.4, -0.2) is 28.6 Å². The summed E-state index contributed by atoms with van der Waals surface area (Å²) in [7, 11) is 0. The summed E-state index contributed by atoms with van der Waals surface area (Å²) in [6.45, 7) is 5.55. The second kappa shape index (κ2) is 8.82. The van der Waals surface area contributed by atoms with Crippen molar-refractivity contribution < 1.29 is 14.3 Å². The maximum Gasteiger partial charge on any atom is 0.263 e. The van der Waals surface area contributed by atoms with Crippen molar-refractivity contribution in [3.05, 3.63) is 53.2 Å². The van der Waals surface area contributed by atoms with Crippen molar-refractivity contribution in [3.63, 3.8) is 0 Å². The smallest absolute Gasteiger partial charge is 0.263 e. The molecule has 6 heteroatoms. The highest BCUT2D eigenvalue weighted by atomic mass is 35.5. The van der Waals surface area contributed by atoms with Gasteiger partial charge in [-0.1, -0.05) is 17.7 Å². The molecular weight excluding hydrogens is 376 g/mol. The van der Waals surface area contributed by atoms with Crippen LogP contribution in [0.25, 0.3) is 0 Å². The van der Waals surface area contributed by atoms with Gasteiger partial charge in [-0.15, -0.1) is 0 Å². The summed E-state index contributed by atoms with van der Waals surface area (Å²) < 4.78 is 11.8. The van der Waals surface area contributed by atoms with Crippen molar-refractivity contribution >= 4 is 17.5 Å². The third kappa shape index (κ3) is 5.61. The highest BCUT2D eigenvalue weighted by Crippen LogP contribution is 2.25. The Balaban J connectivity index is 1.47. The zero-order valence-electron chi connectivity index (χ0n) is 16.6. The number of nitrogens with zero attached hydrogens (tertiary/aromatic N) is 1. The van der Waals surface area contributed by atoms with Crippen LogP contribution in [0.5, 0.6) is 11.6 Å². The highest BCUT2D eigenvalue weighted by molar-refractivity contribution is 6.30. The van der Waals surface area contributed by atoms with Crippen LogP contribution >= 0.6 is 11.6 Å². The fraction of sp³-hybridized carbons (Fsp3) is 0.455. The van der Waals surface area contributed by atoms with Crippen molar-refractivity contribution in [3.8, 4) is 11.6 Å². The third-order valence-corrected chi connectivity index (χ3v) is 5.17. The number of nitrogens with one attached hydrogen (secondary N) is 1. The maximum absolute atomic E-state index is 12.7. The average Bonchev–Trinajstić information content (AvgIpc) is 2.67. The van der Waals surface area contributed by atoms with Crippen LogP contribution < -0.4 is 14.8 Å². The number of pyridine rings is 1. The number of carbonyl (C=O) groups excluding carboxylic acids is 1. The summed E-state index contributed by atoms with van der Waals surface area (Å²) in [6.07, 6.45) is 5.47. The third-order valence-electron chi connectivity index (χ3n) is 4.91. The first-order valence-electron chi connectivity index (χ1n) is 9.67. The van der Waals surface area contributed by atoms with E-state index in [1.165, 1.54) is 0 Å². The van der Waals surface area contributed by atoms with Gasteiger partial charge < -0.3 is 14.8 Å². The normalized spacial score (nSPS) is 19.7. The van der Waals surface area contributed by atoms with Gasteiger partial charge in [0.1, 0.15) is 11.9 Å². The largest absolute Gasteiger partial charge is 0.478 e. The van der Waals surface area contributed by atoms with E-state index in [1.807, 2.05) is 25.3 Å². The van der Waals surface area contributed by atoms with E-state index in [4.69, 9.17) is 21.1 Å². The van der Waals surface area contributed by atoms with Gasteiger partial charge in [0.05, 0.1) is 0 Å². The van der Waals surface area contributed by atoms with Gasteiger partial charge in [-0.3, -0.25) is 4.79 Å². The molecule has 1 amide bonds. The van der Waals surface area contributed by atoms with Gasteiger partial charge >= 0.3 is 0 Å². The lowest BCUT2D eigenvalue weighted by molar-refractivity contribution is -0.135. The topological polar surface area (TPSA) is 60.5 Å². The number of benzene rings is 1. The van der Waals surface area contributed by atoms with Crippen LogP contribution in [0.1, 0.15) is 45.1 Å². The van der Waals surface area contributed by atoms with Gasteiger partial charge in [-0.25, -0.2) is 4.98 Å². The van der Waals surface area contributed by atoms with Crippen LogP contribution in [0, 0.1) is 6.92 Å². The van der Waals surface area contributed by atoms with E-state index in [0.717, 1.165) is 31.2 Å². The molecule has 1 aromatic carbocycles. The first-order valence-corrected chi connectivity index (χ1v) is 10.0. The molecule has 1 N–H and O–H groups in total. The van der Waals surface area contributed by atoms with E-state index in [9.17, 15) is 4.79 Å². The molecule has 0 bridgehead atoms. The molecule has 0 atom stereocenters. The highest BCUT2D eigenvalue weighted by Gasteiger charge is 2.33. The minimum absolute atomic E-state index is 0.119. The Kier molecular flexibility index (Phi) is 6.45. The number of aryl methyl sites for hydroxylation is 1. The first kappa shape index (κ1) is 20.5. The summed E-state index contributed by atoms with van der Waals surface area (Å²) in [6, 6.07) is 11.0. The van der Waals surface area contributed by atoms with Gasteiger partial charge in [0.15, 0.2) is 5.60 Å². The number of hydrogen-bond donors (Lipinski definition) is 1. The van der Waals surface area contributed by atoms with E-state index in [0.29, 0.717) is 16.7 Å². The fourth-order valence-electron chi connectivity index (χ4n) is 3.22. The second-order valence-electron chi connectivity index (χ2n) is 7.81. The first-order chi connectivity index (χ1) is 13.3. The monoisotopic (exact) mass is 402 g/mol. The maximum atomic E-state index is 12.7. The van der Waals surface area contributed by atoms with E-state index in [1.54, 1.807) is 38.1 Å². The van der Waals surface area contributed by atoms with E-state index < -0.39 is 5.60 Å². The van der Waals surface area contributed by atoms with Gasteiger partial charge in [0, 0.05) is 23.3 Å². The van der Waals surface area contributed by atoms with Gasteiger partial charge in [-0.2, -0.15) is 0 Å². The number of amides is 1. The molecule has 2 aromatic rings. The summed E-state index contributed by atoms with van der Waals surface area (Å²) in [5, 5.41) is 3.76. The van der Waals surface area contributed by atoms with Crippen LogP contribution in [0.3, 0.4) is 0 Å². The number of aromatic nitrogens is 1. The Hall–Kier alpha value is -2.27. The van der Waals surface area contributed by atoms with Crippen LogP contribution in [0.2, 0.25) is 5.02 Å². The van der Waals surface area contributed by atoms with Crippen LogP contribution in [0.4, 0.5) is 0 Å². The molecule has 1 heterocycles. The number of ether oxygens (including phenoxy) is 2. The zero-order valence-corrected chi connectivity index (χ0v) is 17.3. The Labute approximate surface area is 171 Å². The van der Waals surface area contributed by atoms with Crippen LogP contribution in [-0.2, 0) is 4.79 Å². The molecule has 3 rings (SSSR count). The zero-order chi connectivity index (χ0) is 20.1. The molecule has 1 aliphatic carbocycles. The Morgan fingerprint density at radius 3 is 2.39 bits per heavy atom. The minimum Gasteiger partial charge on any atom is -0.478 e. The molecular formula is C22H27ClN2O3. The summed E-state index contributed by atoms with van der Waals surface area (Å²) in [5.41, 5.74) is 0.148. The molecule has 150 valence electrons. The standard InChI is InChI=1S/C22H27ClN2O3/c1-15-4-13-20(24-14-15)27-18-11-7-17(8-12-18)25-21(26)22(2,3)28-19-9-5-16(23)6-10-19/h4-6,9-10,13-14,17-18H,7-8,11-12H2,1-3H3,(H,25,26). The Bertz CT molecular complexity index is 782. The molecule has 0 aliphatic heterocycles. The molecule has 0 spiro atoms. The Morgan fingerprint density at radius 1 is 1.11 bits per heavy atom. The van der Waals surface area contributed by atoms with Gasteiger partial charge in [-0.05, 0) is 76.3 Å². The lowest BCUT2D eigenvalue weighted by Crippen LogP contribution is -2.51. The fourth-order valence-corrected chi connectivity index (χ4v) is 3.35. The quantitative estimate of drug-likeness (QED) is 0.760. The van der Waals surface area contributed by atoms with Gasteiger partial charge in [0.2, 0.25) is 5.88 Å². The lowest BCUT2D eigenvalue weighted by Gasteiger charge is -2.32. The minimum atomic E-state index is -0.965. The number of hydrogen-bond acceptors (Lipinski definition) is 4. The molecule has 0 radical (unpaired) electrons. The molecule has 1 saturated carbocycles. The van der Waals surface area contributed by atoms with E-state index in [-0.39, 0.29) is 18.1 Å². The number of carbonyl (C=O) groups is 1. The molecule has 0 saturated heterocycles. The summed E-state index contributed by atoms with van der Waals surface area (Å²) in [5.74, 6) is 1.16. The van der Waals surface area contributed by atoms with Crippen molar-refractivity contribution in [2.24, 2.45) is 0 Å². The van der Waals surface area contributed by atoms with Gasteiger partial charge in [0.25, 0.3) is 5.91 Å². The Morgan fingerprint density at radius 2 is 1.79 bits per heavy atom. The molecule has 1 fully saturated rings. The second-order valence-corrected chi connectivity index (χ2v) is 8.24. The van der Waals surface area contributed by atoms with Crippen molar-refractivity contribution in [2.75, 3.05) is 0 Å². The van der Waals surface area contributed by atoms with Crippen molar-refractivity contribution in [2.45, 2.75) is 64.2 Å². The number of halogens is 1. The molecule has 5 nitrogen and oxygen atoms in total. The molecule has 0 unspecified atom stereocenters. The predicted molar refractivity (Wildman–Crippen MR) is 110 cm³/mol. The van der Waals surface area contributed by atoms with E-state index >= 15 is 0 Å². The van der Waals surface area contributed by atoms with Crippen molar-refractivity contribution in [1.82, 2.24) is 10.3 Å². The summed E-state index contributed by atoms with van der Waals surface area (Å²) in [4.78, 5) is 17.0. The molecule has 1 aromatic heterocycles. The molecule has 1 aliphatic rings. The lowest BCUT2D eigenvalue weighted by atomic mass is 9.92.